The topological polar surface area (TPSA) is 40.6 Å². The average Bonchev–Trinajstić information content (AvgIpc) is 3.07. The molecule has 1 aliphatic heterocycles. The van der Waals surface area contributed by atoms with Gasteiger partial charge in [-0.05, 0) is 47.4 Å². The molecule has 1 aliphatic rings. The number of nitrogens with zero attached hydrogens (tertiary/aromatic N) is 2. The van der Waals surface area contributed by atoms with E-state index in [1.165, 1.54) is 12.1 Å². The summed E-state index contributed by atoms with van der Waals surface area (Å²) in [6, 6.07) is 23.8. The van der Waals surface area contributed by atoms with Crippen LogP contribution in [0.4, 0.5) is 4.39 Å². The van der Waals surface area contributed by atoms with Crippen molar-refractivity contribution in [1.29, 1.82) is 0 Å². The van der Waals surface area contributed by atoms with Gasteiger partial charge in [0, 0.05) is 31.7 Å². The van der Waals surface area contributed by atoms with Crippen LogP contribution in [0.25, 0.3) is 11.1 Å². The molecule has 0 atom stereocenters. The Morgan fingerprint density at radius 1 is 0.710 bits per heavy atom. The maximum Gasteiger partial charge on any atom is 0.253 e. The van der Waals surface area contributed by atoms with Crippen molar-refractivity contribution in [3.8, 4) is 11.1 Å². The molecule has 5 heteroatoms. The van der Waals surface area contributed by atoms with Gasteiger partial charge < -0.3 is 9.80 Å². The van der Waals surface area contributed by atoms with Crippen molar-refractivity contribution in [2.24, 2.45) is 0 Å². The van der Waals surface area contributed by atoms with E-state index in [-0.39, 0.29) is 24.1 Å². The van der Waals surface area contributed by atoms with Crippen LogP contribution >= 0.6 is 0 Å². The van der Waals surface area contributed by atoms with Crippen molar-refractivity contribution in [3.63, 3.8) is 0 Å². The van der Waals surface area contributed by atoms with Crippen LogP contribution in [0.1, 0.15) is 22.3 Å². The van der Waals surface area contributed by atoms with Gasteiger partial charge in [-0.25, -0.2) is 4.39 Å². The molecule has 1 fully saturated rings. The monoisotopic (exact) mass is 416 g/mol. The van der Waals surface area contributed by atoms with E-state index in [0.29, 0.717) is 31.7 Å². The number of amides is 2. The highest BCUT2D eigenvalue weighted by Crippen LogP contribution is 2.20. The number of rotatable bonds is 4. The van der Waals surface area contributed by atoms with Crippen molar-refractivity contribution in [2.75, 3.05) is 26.2 Å². The van der Waals surface area contributed by atoms with Crippen LogP contribution in [0.5, 0.6) is 0 Å². The Kier molecular flexibility index (Phi) is 6.41. The van der Waals surface area contributed by atoms with Crippen LogP contribution < -0.4 is 0 Å². The third-order valence-corrected chi connectivity index (χ3v) is 5.64. The van der Waals surface area contributed by atoms with Crippen LogP contribution in [0.2, 0.25) is 0 Å². The van der Waals surface area contributed by atoms with Gasteiger partial charge in [0.25, 0.3) is 5.91 Å². The SMILES string of the molecule is O=C(Cc1ccc(F)cc1)N1CCCN(C(=O)c2ccc(-c3ccccc3)cc2)CC1. The molecule has 3 aromatic rings. The number of carbonyl (C=O) groups is 2. The van der Waals surface area contributed by atoms with E-state index in [4.69, 9.17) is 0 Å². The van der Waals surface area contributed by atoms with Gasteiger partial charge in [-0.1, -0.05) is 54.6 Å². The van der Waals surface area contributed by atoms with Crippen LogP contribution in [0.15, 0.2) is 78.9 Å². The van der Waals surface area contributed by atoms with E-state index in [0.717, 1.165) is 23.1 Å². The average molecular weight is 416 g/mol. The zero-order chi connectivity index (χ0) is 21.6. The van der Waals surface area contributed by atoms with Crippen molar-refractivity contribution in [1.82, 2.24) is 9.80 Å². The molecule has 1 saturated heterocycles. The summed E-state index contributed by atoms with van der Waals surface area (Å²) in [6.07, 6.45) is 0.984. The Bertz CT molecular complexity index is 1030. The van der Waals surface area contributed by atoms with E-state index in [2.05, 4.69) is 0 Å². The zero-order valence-corrected chi connectivity index (χ0v) is 17.3. The lowest BCUT2D eigenvalue weighted by Crippen LogP contribution is -2.38. The maximum absolute atomic E-state index is 13.1. The summed E-state index contributed by atoms with van der Waals surface area (Å²) in [5.74, 6) is -0.308. The largest absolute Gasteiger partial charge is 0.341 e. The summed E-state index contributed by atoms with van der Waals surface area (Å²) in [7, 11) is 0. The van der Waals surface area contributed by atoms with Gasteiger partial charge in [0.05, 0.1) is 6.42 Å². The molecule has 3 aromatic carbocycles. The Balaban J connectivity index is 1.36. The van der Waals surface area contributed by atoms with Gasteiger partial charge in [-0.2, -0.15) is 0 Å². The van der Waals surface area contributed by atoms with Crippen LogP contribution in [0, 0.1) is 5.82 Å². The predicted octanol–water partition coefficient (Wildman–Crippen LogP) is 4.41. The molecule has 4 rings (SSSR count). The van der Waals surface area contributed by atoms with Crippen LogP contribution in [0.3, 0.4) is 0 Å². The highest BCUT2D eigenvalue weighted by molar-refractivity contribution is 5.94. The minimum atomic E-state index is -0.308. The summed E-state index contributed by atoms with van der Waals surface area (Å²) in [4.78, 5) is 29.3. The Morgan fingerprint density at radius 2 is 1.32 bits per heavy atom. The van der Waals surface area contributed by atoms with Gasteiger partial charge >= 0.3 is 0 Å². The lowest BCUT2D eigenvalue weighted by atomic mass is 10.0. The lowest BCUT2D eigenvalue weighted by Gasteiger charge is -2.22. The van der Waals surface area contributed by atoms with Crippen molar-refractivity contribution in [2.45, 2.75) is 12.8 Å². The van der Waals surface area contributed by atoms with Gasteiger partial charge in [-0.3, -0.25) is 9.59 Å². The molecule has 158 valence electrons. The number of hydrogen-bond donors (Lipinski definition) is 0. The number of hydrogen-bond acceptors (Lipinski definition) is 2. The fourth-order valence-corrected chi connectivity index (χ4v) is 3.88. The van der Waals surface area contributed by atoms with Crippen molar-refractivity contribution >= 4 is 11.8 Å². The maximum atomic E-state index is 13.1. The normalized spacial score (nSPS) is 14.2. The number of carbonyl (C=O) groups excluding carboxylic acids is 2. The zero-order valence-electron chi connectivity index (χ0n) is 17.3. The summed E-state index contributed by atoms with van der Waals surface area (Å²) in [5.41, 5.74) is 3.64. The summed E-state index contributed by atoms with van der Waals surface area (Å²) >= 11 is 0. The molecule has 1 heterocycles. The molecule has 0 radical (unpaired) electrons. The van der Waals surface area contributed by atoms with Crippen LogP contribution in [-0.2, 0) is 11.2 Å². The predicted molar refractivity (Wildman–Crippen MR) is 119 cm³/mol. The van der Waals surface area contributed by atoms with E-state index < -0.39 is 0 Å². The van der Waals surface area contributed by atoms with E-state index in [9.17, 15) is 14.0 Å². The van der Waals surface area contributed by atoms with E-state index in [1.54, 1.807) is 17.0 Å². The van der Waals surface area contributed by atoms with Gasteiger partial charge in [0.15, 0.2) is 0 Å². The summed E-state index contributed by atoms with van der Waals surface area (Å²) in [5, 5.41) is 0. The molecule has 0 N–H and O–H groups in total. The first-order valence-corrected chi connectivity index (χ1v) is 10.6. The fourth-order valence-electron chi connectivity index (χ4n) is 3.88. The number of halogens is 1. The smallest absolute Gasteiger partial charge is 0.253 e. The van der Waals surface area contributed by atoms with Gasteiger partial charge in [-0.15, -0.1) is 0 Å². The molecule has 0 spiro atoms. The summed E-state index contributed by atoms with van der Waals surface area (Å²) in [6.45, 7) is 2.26. The minimum absolute atomic E-state index is 0.00700. The molecular formula is C26H25FN2O2. The third kappa shape index (κ3) is 5.18. The second-order valence-electron chi connectivity index (χ2n) is 7.77. The Labute approximate surface area is 181 Å². The van der Waals surface area contributed by atoms with Crippen molar-refractivity contribution in [3.05, 3.63) is 95.8 Å². The van der Waals surface area contributed by atoms with Gasteiger partial charge in [0.2, 0.25) is 5.91 Å². The molecule has 31 heavy (non-hydrogen) atoms. The molecule has 0 saturated carbocycles. The molecule has 0 bridgehead atoms. The highest BCUT2D eigenvalue weighted by atomic mass is 19.1. The first-order chi connectivity index (χ1) is 15.1. The molecule has 0 aromatic heterocycles. The first-order valence-electron chi connectivity index (χ1n) is 10.6. The molecule has 4 nitrogen and oxygen atoms in total. The molecule has 0 unspecified atom stereocenters. The fraction of sp³-hybridized carbons (Fsp3) is 0.231. The first kappa shape index (κ1) is 20.8. The number of benzene rings is 3. The standard InChI is InChI=1S/C26H25FN2O2/c27-24-13-7-20(8-14-24)19-25(30)28-15-4-16-29(18-17-28)26(31)23-11-9-22(10-12-23)21-5-2-1-3-6-21/h1-3,5-14H,4,15-19H2. The van der Waals surface area contributed by atoms with E-state index in [1.807, 2.05) is 59.5 Å². The van der Waals surface area contributed by atoms with Crippen molar-refractivity contribution < 1.29 is 14.0 Å². The second-order valence-corrected chi connectivity index (χ2v) is 7.77. The summed E-state index contributed by atoms with van der Waals surface area (Å²) < 4.78 is 13.1. The van der Waals surface area contributed by atoms with Gasteiger partial charge in [0.1, 0.15) is 5.82 Å². The minimum Gasteiger partial charge on any atom is -0.341 e. The van der Waals surface area contributed by atoms with Crippen LogP contribution in [-0.4, -0.2) is 47.8 Å². The Morgan fingerprint density at radius 3 is 2.03 bits per heavy atom. The molecule has 2 amide bonds. The highest BCUT2D eigenvalue weighted by Gasteiger charge is 2.23. The Hall–Kier alpha value is -3.47. The van der Waals surface area contributed by atoms with E-state index >= 15 is 0 Å². The lowest BCUT2D eigenvalue weighted by molar-refractivity contribution is -0.130. The molecule has 0 aliphatic carbocycles. The quantitative estimate of drug-likeness (QED) is 0.632. The molecular weight excluding hydrogens is 391 g/mol. The third-order valence-electron chi connectivity index (χ3n) is 5.64. The second kappa shape index (κ2) is 9.56.